The van der Waals surface area contributed by atoms with Crippen LogP contribution < -0.4 is 5.32 Å². The average Bonchev–Trinajstić information content (AvgIpc) is 3.15. The van der Waals surface area contributed by atoms with Crippen molar-refractivity contribution in [2.45, 2.75) is 33.2 Å². The number of fused-ring (bicyclic) bond motifs is 1. The highest BCUT2D eigenvalue weighted by Crippen LogP contribution is 2.20. The van der Waals surface area contributed by atoms with Gasteiger partial charge in [-0.15, -0.1) is 0 Å². The second-order valence-electron chi connectivity index (χ2n) is 6.89. The number of imidazole rings is 1. The second-order valence-corrected chi connectivity index (χ2v) is 6.89. The number of hydrogen-bond acceptors (Lipinski definition) is 5. The minimum absolute atomic E-state index is 0.303. The molecule has 144 valence electrons. The zero-order valence-corrected chi connectivity index (χ0v) is 16.7. The molecule has 2 heterocycles. The first-order valence-electron chi connectivity index (χ1n) is 9.38. The summed E-state index contributed by atoms with van der Waals surface area (Å²) in [6.07, 6.45) is 3.57. The third-order valence-corrected chi connectivity index (χ3v) is 4.65. The third-order valence-electron chi connectivity index (χ3n) is 4.65. The van der Waals surface area contributed by atoms with E-state index in [-0.39, 0.29) is 0 Å². The lowest BCUT2D eigenvalue weighted by atomic mass is 10.0. The highest BCUT2D eigenvalue weighted by atomic mass is 15.1. The molecule has 0 aliphatic rings. The Kier molecular flexibility index (Phi) is 5.76. The standard InChI is InChI=1S/C23H22N6/c1-5-6-18-9-17(11-24)7-8-19(18)13-26-16(4)21-10-22(15(2)3)29-14-20(12-25)27-23(29)28-21/h7-10,14,26H,2,4-6,13H2,1,3H3. The monoisotopic (exact) mass is 382 g/mol. The molecular weight excluding hydrogens is 360 g/mol. The molecule has 0 unspecified atom stereocenters. The molecule has 0 aliphatic heterocycles. The first kappa shape index (κ1) is 19.9. The van der Waals surface area contributed by atoms with Crippen LogP contribution in [0.25, 0.3) is 17.0 Å². The predicted molar refractivity (Wildman–Crippen MR) is 113 cm³/mol. The summed E-state index contributed by atoms with van der Waals surface area (Å²) in [6, 6.07) is 11.9. The molecule has 1 N–H and O–H groups in total. The molecule has 29 heavy (non-hydrogen) atoms. The molecule has 0 saturated heterocycles. The summed E-state index contributed by atoms with van der Waals surface area (Å²) in [4.78, 5) is 8.78. The van der Waals surface area contributed by atoms with Crippen LogP contribution in [0.15, 0.2) is 43.6 Å². The number of aromatic nitrogens is 3. The first-order valence-corrected chi connectivity index (χ1v) is 9.38. The van der Waals surface area contributed by atoms with E-state index in [1.807, 2.05) is 37.3 Å². The van der Waals surface area contributed by atoms with Crippen LogP contribution in [0.1, 0.15) is 54.0 Å². The van der Waals surface area contributed by atoms with Crippen molar-refractivity contribution < 1.29 is 0 Å². The van der Waals surface area contributed by atoms with Crippen LogP contribution in [-0.2, 0) is 13.0 Å². The second kappa shape index (κ2) is 8.41. The fourth-order valence-electron chi connectivity index (χ4n) is 3.17. The van der Waals surface area contributed by atoms with Gasteiger partial charge in [0.25, 0.3) is 0 Å². The van der Waals surface area contributed by atoms with E-state index in [0.29, 0.717) is 35.0 Å². The Morgan fingerprint density at radius 2 is 1.93 bits per heavy atom. The predicted octanol–water partition coefficient (Wildman–Crippen LogP) is 4.22. The molecule has 0 spiro atoms. The fourth-order valence-corrected chi connectivity index (χ4v) is 3.17. The van der Waals surface area contributed by atoms with Gasteiger partial charge in [0, 0.05) is 12.7 Å². The summed E-state index contributed by atoms with van der Waals surface area (Å²) in [5.41, 5.74) is 6.22. The summed E-state index contributed by atoms with van der Waals surface area (Å²) in [5, 5.41) is 21.6. The summed E-state index contributed by atoms with van der Waals surface area (Å²) >= 11 is 0. The van der Waals surface area contributed by atoms with E-state index in [2.05, 4.69) is 41.4 Å². The van der Waals surface area contributed by atoms with Crippen LogP contribution in [0.4, 0.5) is 0 Å². The maximum Gasteiger partial charge on any atom is 0.236 e. The molecule has 0 aliphatic carbocycles. The zero-order valence-electron chi connectivity index (χ0n) is 16.7. The van der Waals surface area contributed by atoms with E-state index in [0.717, 1.165) is 35.2 Å². The smallest absolute Gasteiger partial charge is 0.236 e. The largest absolute Gasteiger partial charge is 0.380 e. The molecule has 2 aromatic heterocycles. The molecule has 0 fully saturated rings. The molecule has 0 saturated carbocycles. The minimum atomic E-state index is 0.303. The number of benzene rings is 1. The Morgan fingerprint density at radius 1 is 1.14 bits per heavy atom. The molecule has 3 aromatic rings. The molecule has 6 nitrogen and oxygen atoms in total. The van der Waals surface area contributed by atoms with Gasteiger partial charge in [-0.25, -0.2) is 4.98 Å². The van der Waals surface area contributed by atoms with Crippen molar-refractivity contribution in [2.24, 2.45) is 0 Å². The lowest BCUT2D eigenvalue weighted by Crippen LogP contribution is -2.14. The summed E-state index contributed by atoms with van der Waals surface area (Å²) < 4.78 is 1.76. The summed E-state index contributed by atoms with van der Waals surface area (Å²) in [6.45, 7) is 12.7. The Balaban J connectivity index is 1.88. The van der Waals surface area contributed by atoms with E-state index in [1.54, 1.807) is 10.6 Å². The summed E-state index contributed by atoms with van der Waals surface area (Å²) in [7, 11) is 0. The molecule has 3 rings (SSSR count). The highest BCUT2D eigenvalue weighted by molar-refractivity contribution is 5.67. The van der Waals surface area contributed by atoms with Crippen molar-refractivity contribution in [3.63, 3.8) is 0 Å². The van der Waals surface area contributed by atoms with Gasteiger partial charge >= 0.3 is 0 Å². The van der Waals surface area contributed by atoms with Crippen LogP contribution in [-0.4, -0.2) is 14.4 Å². The third kappa shape index (κ3) is 4.17. The Morgan fingerprint density at radius 3 is 2.59 bits per heavy atom. The topological polar surface area (TPSA) is 89.8 Å². The number of nitrogens with one attached hydrogen (secondary N) is 1. The van der Waals surface area contributed by atoms with E-state index in [9.17, 15) is 0 Å². The SMILES string of the molecule is C=C(NCc1ccc(C#N)cc1CCC)c1cc(C(=C)C)n2cc(C#N)nc2n1. The Bertz CT molecular complexity index is 1190. The number of hydrogen-bond donors (Lipinski definition) is 1. The van der Waals surface area contributed by atoms with Crippen molar-refractivity contribution in [1.82, 2.24) is 19.7 Å². The number of allylic oxidation sites excluding steroid dienone is 1. The quantitative estimate of drug-likeness (QED) is 0.661. The van der Waals surface area contributed by atoms with Gasteiger partial charge in [0.15, 0.2) is 5.69 Å². The van der Waals surface area contributed by atoms with Crippen molar-refractivity contribution >= 4 is 17.0 Å². The normalized spacial score (nSPS) is 10.3. The fraction of sp³-hybridized carbons (Fsp3) is 0.217. The van der Waals surface area contributed by atoms with Crippen LogP contribution >= 0.6 is 0 Å². The van der Waals surface area contributed by atoms with E-state index in [4.69, 9.17) is 10.5 Å². The van der Waals surface area contributed by atoms with Gasteiger partial charge in [0.1, 0.15) is 6.07 Å². The lowest BCUT2D eigenvalue weighted by Gasteiger charge is -2.14. The first-order chi connectivity index (χ1) is 14.0. The Labute approximate surface area is 170 Å². The van der Waals surface area contributed by atoms with Crippen LogP contribution in [0, 0.1) is 22.7 Å². The number of nitrogens with zero attached hydrogens (tertiary/aromatic N) is 5. The number of nitriles is 2. The maximum absolute atomic E-state index is 9.14. The Hall–Kier alpha value is -3.90. The molecule has 6 heteroatoms. The number of rotatable bonds is 7. The van der Waals surface area contributed by atoms with Gasteiger partial charge in [0.2, 0.25) is 5.78 Å². The summed E-state index contributed by atoms with van der Waals surface area (Å²) in [5.74, 6) is 0.435. The van der Waals surface area contributed by atoms with Gasteiger partial charge in [-0.05, 0) is 48.2 Å². The van der Waals surface area contributed by atoms with Gasteiger partial charge < -0.3 is 5.32 Å². The van der Waals surface area contributed by atoms with Crippen molar-refractivity contribution in [3.8, 4) is 12.1 Å². The average molecular weight is 382 g/mol. The molecule has 0 amide bonds. The van der Waals surface area contributed by atoms with E-state index < -0.39 is 0 Å². The van der Waals surface area contributed by atoms with Crippen molar-refractivity contribution in [3.05, 3.63) is 77.4 Å². The van der Waals surface area contributed by atoms with Crippen LogP contribution in [0.2, 0.25) is 0 Å². The van der Waals surface area contributed by atoms with Gasteiger partial charge in [0.05, 0.1) is 28.7 Å². The minimum Gasteiger partial charge on any atom is -0.380 e. The van der Waals surface area contributed by atoms with Crippen molar-refractivity contribution in [1.29, 1.82) is 10.5 Å². The molecule has 0 atom stereocenters. The molecule has 0 radical (unpaired) electrons. The van der Waals surface area contributed by atoms with Crippen molar-refractivity contribution in [2.75, 3.05) is 0 Å². The van der Waals surface area contributed by atoms with Gasteiger partial charge in [-0.1, -0.05) is 32.6 Å². The van der Waals surface area contributed by atoms with Crippen LogP contribution in [0.3, 0.4) is 0 Å². The van der Waals surface area contributed by atoms with Gasteiger partial charge in [-0.2, -0.15) is 15.5 Å². The van der Waals surface area contributed by atoms with E-state index >= 15 is 0 Å². The van der Waals surface area contributed by atoms with Gasteiger partial charge in [-0.3, -0.25) is 4.40 Å². The number of aryl methyl sites for hydroxylation is 1. The maximum atomic E-state index is 9.14. The molecule has 1 aromatic carbocycles. The van der Waals surface area contributed by atoms with E-state index in [1.165, 1.54) is 0 Å². The lowest BCUT2D eigenvalue weighted by molar-refractivity contribution is 0.839. The zero-order chi connectivity index (χ0) is 21.0. The highest BCUT2D eigenvalue weighted by Gasteiger charge is 2.12. The van der Waals surface area contributed by atoms with Crippen LogP contribution in [0.5, 0.6) is 0 Å². The molecule has 0 bridgehead atoms. The molecular formula is C23H22N6.